The summed E-state index contributed by atoms with van der Waals surface area (Å²) in [6.45, 7) is 5.03. The Hall–Kier alpha value is -3.36. The summed E-state index contributed by atoms with van der Waals surface area (Å²) in [6, 6.07) is 5.86. The van der Waals surface area contributed by atoms with Crippen LogP contribution in [0.25, 0.3) is 0 Å². The van der Waals surface area contributed by atoms with E-state index in [-0.39, 0.29) is 41.4 Å². The van der Waals surface area contributed by atoms with E-state index in [0.29, 0.717) is 5.70 Å². The number of allylic oxidation sites excluding steroid dienone is 1. The second-order valence-electron chi connectivity index (χ2n) is 5.68. The Kier molecular flexibility index (Phi) is 6.17. The van der Waals surface area contributed by atoms with Crippen LogP contribution in [0, 0.1) is 10.1 Å². The van der Waals surface area contributed by atoms with E-state index < -0.39 is 22.8 Å². The van der Waals surface area contributed by atoms with Crippen LogP contribution in [0.15, 0.2) is 46.9 Å². The molecule has 1 unspecified atom stereocenters. The molecule has 1 heterocycles. The molecule has 1 aromatic carbocycles. The number of carbonyl (C=O) groups is 2. The number of nitro groups is 1. The lowest BCUT2D eigenvalue weighted by molar-refractivity contribution is -0.385. The van der Waals surface area contributed by atoms with Gasteiger partial charge in [0.2, 0.25) is 0 Å². The molecule has 0 saturated heterocycles. The summed E-state index contributed by atoms with van der Waals surface area (Å²) in [6.07, 6.45) is 0. The summed E-state index contributed by atoms with van der Waals surface area (Å²) in [5, 5.41) is 14.3. The van der Waals surface area contributed by atoms with Gasteiger partial charge >= 0.3 is 11.9 Å². The molecule has 9 nitrogen and oxygen atoms in total. The number of nitrogens with one attached hydrogen (secondary N) is 1. The Morgan fingerprint density at radius 3 is 2.26 bits per heavy atom. The largest absolute Gasteiger partial charge is 0.463 e. The molecule has 27 heavy (non-hydrogen) atoms. The first kappa shape index (κ1) is 20.0. The molecule has 0 fully saturated rings. The van der Waals surface area contributed by atoms with E-state index in [1.165, 1.54) is 18.2 Å². The number of carbonyl (C=O) groups excluding carboxylic acids is 2. The molecule has 144 valence electrons. The third-order valence-corrected chi connectivity index (χ3v) is 4.03. The molecule has 0 aliphatic carbocycles. The lowest BCUT2D eigenvalue weighted by Gasteiger charge is -2.29. The molecule has 1 atom stereocenters. The van der Waals surface area contributed by atoms with Gasteiger partial charge in [-0.3, -0.25) is 10.1 Å². The highest BCUT2D eigenvalue weighted by Gasteiger charge is 2.41. The minimum absolute atomic E-state index is 0.0258. The van der Waals surface area contributed by atoms with Crippen molar-refractivity contribution in [3.05, 3.63) is 62.6 Å². The third-order valence-electron chi connectivity index (χ3n) is 4.03. The highest BCUT2D eigenvalue weighted by molar-refractivity contribution is 6.00. The molecule has 0 saturated carbocycles. The first-order valence-corrected chi connectivity index (χ1v) is 8.38. The van der Waals surface area contributed by atoms with E-state index in [0.717, 1.165) is 0 Å². The Morgan fingerprint density at radius 1 is 1.15 bits per heavy atom. The first-order chi connectivity index (χ1) is 12.8. The van der Waals surface area contributed by atoms with E-state index in [4.69, 9.17) is 15.2 Å². The van der Waals surface area contributed by atoms with E-state index in [9.17, 15) is 19.7 Å². The second kappa shape index (κ2) is 8.35. The van der Waals surface area contributed by atoms with Crippen LogP contribution in [0.5, 0.6) is 0 Å². The monoisotopic (exact) mass is 375 g/mol. The van der Waals surface area contributed by atoms with Crippen molar-refractivity contribution in [3.8, 4) is 0 Å². The molecule has 3 N–H and O–H groups in total. The number of para-hydroxylation sites is 1. The van der Waals surface area contributed by atoms with Crippen LogP contribution in [0.4, 0.5) is 5.69 Å². The van der Waals surface area contributed by atoms with Gasteiger partial charge in [0.25, 0.3) is 5.69 Å². The van der Waals surface area contributed by atoms with Crippen LogP contribution in [-0.2, 0) is 19.1 Å². The maximum absolute atomic E-state index is 12.6. The fourth-order valence-corrected chi connectivity index (χ4v) is 2.98. The number of ether oxygens (including phenoxy) is 2. The van der Waals surface area contributed by atoms with Crippen LogP contribution in [0.2, 0.25) is 0 Å². The van der Waals surface area contributed by atoms with Gasteiger partial charge < -0.3 is 20.5 Å². The lowest BCUT2D eigenvalue weighted by Crippen LogP contribution is -2.36. The number of hydrogen-bond donors (Lipinski definition) is 2. The van der Waals surface area contributed by atoms with Crippen LogP contribution in [-0.4, -0.2) is 30.1 Å². The smallest absolute Gasteiger partial charge is 0.338 e. The molecule has 0 radical (unpaired) electrons. The van der Waals surface area contributed by atoms with Crippen molar-refractivity contribution in [3.63, 3.8) is 0 Å². The average Bonchev–Trinajstić information content (AvgIpc) is 2.61. The minimum Gasteiger partial charge on any atom is -0.463 e. The molecular formula is C18H21N3O6. The zero-order valence-corrected chi connectivity index (χ0v) is 15.3. The molecule has 0 aromatic heterocycles. The maximum atomic E-state index is 12.6. The zero-order valence-electron chi connectivity index (χ0n) is 15.3. The molecular weight excluding hydrogens is 354 g/mol. The summed E-state index contributed by atoms with van der Waals surface area (Å²) in [7, 11) is 0. The molecule has 1 aliphatic rings. The van der Waals surface area contributed by atoms with Crippen molar-refractivity contribution in [2.45, 2.75) is 26.7 Å². The van der Waals surface area contributed by atoms with Gasteiger partial charge in [-0.15, -0.1) is 0 Å². The van der Waals surface area contributed by atoms with Crippen molar-refractivity contribution < 1.29 is 24.0 Å². The van der Waals surface area contributed by atoms with Crippen molar-refractivity contribution in [2.75, 3.05) is 13.2 Å². The number of esters is 2. The average molecular weight is 375 g/mol. The van der Waals surface area contributed by atoms with Crippen molar-refractivity contribution in [2.24, 2.45) is 5.73 Å². The topological polar surface area (TPSA) is 134 Å². The highest BCUT2D eigenvalue weighted by Crippen LogP contribution is 2.41. The molecule has 1 aromatic rings. The molecule has 2 rings (SSSR count). The molecule has 9 heteroatoms. The molecule has 0 bridgehead atoms. The number of rotatable bonds is 6. The van der Waals surface area contributed by atoms with Gasteiger partial charge in [0.05, 0.1) is 35.2 Å². The molecule has 0 spiro atoms. The van der Waals surface area contributed by atoms with Gasteiger partial charge in [0.15, 0.2) is 0 Å². The highest BCUT2D eigenvalue weighted by atomic mass is 16.6. The van der Waals surface area contributed by atoms with Gasteiger partial charge in [-0.1, -0.05) is 18.2 Å². The van der Waals surface area contributed by atoms with Gasteiger partial charge in [0, 0.05) is 17.3 Å². The van der Waals surface area contributed by atoms with E-state index in [2.05, 4.69) is 5.32 Å². The maximum Gasteiger partial charge on any atom is 0.338 e. The van der Waals surface area contributed by atoms with E-state index in [1.807, 2.05) is 0 Å². The van der Waals surface area contributed by atoms with Crippen LogP contribution in [0.3, 0.4) is 0 Å². The molecule has 1 aliphatic heterocycles. The predicted octanol–water partition coefficient (Wildman–Crippen LogP) is 1.85. The number of nitrogens with two attached hydrogens (primary N) is 1. The first-order valence-electron chi connectivity index (χ1n) is 8.38. The number of nitro benzene ring substituents is 1. The van der Waals surface area contributed by atoms with Crippen molar-refractivity contribution in [1.82, 2.24) is 5.32 Å². The Balaban J connectivity index is 2.75. The Bertz CT molecular complexity index is 803. The number of dihydropyridines is 1. The summed E-state index contributed by atoms with van der Waals surface area (Å²) in [4.78, 5) is 36.1. The normalized spacial score (nSPS) is 16.6. The Labute approximate surface area is 156 Å². The molecule has 0 amide bonds. The van der Waals surface area contributed by atoms with Crippen LogP contribution < -0.4 is 11.1 Å². The van der Waals surface area contributed by atoms with Crippen molar-refractivity contribution in [1.29, 1.82) is 0 Å². The second-order valence-corrected chi connectivity index (χ2v) is 5.68. The van der Waals surface area contributed by atoms with Gasteiger partial charge in [-0.2, -0.15) is 0 Å². The fraction of sp³-hybridized carbons (Fsp3) is 0.333. The number of nitrogens with zero attached hydrogens (tertiary/aromatic N) is 1. The summed E-state index contributed by atoms with van der Waals surface area (Å²) in [5.41, 5.74) is 6.26. The quantitative estimate of drug-likeness (QED) is 0.437. The van der Waals surface area contributed by atoms with Crippen LogP contribution in [0.1, 0.15) is 32.3 Å². The van der Waals surface area contributed by atoms with Crippen molar-refractivity contribution >= 4 is 17.6 Å². The van der Waals surface area contributed by atoms with Crippen LogP contribution >= 0.6 is 0 Å². The van der Waals surface area contributed by atoms with Gasteiger partial charge in [-0.25, -0.2) is 9.59 Å². The Morgan fingerprint density at radius 2 is 1.70 bits per heavy atom. The van der Waals surface area contributed by atoms with E-state index in [1.54, 1.807) is 26.8 Å². The number of hydrogen-bond acceptors (Lipinski definition) is 8. The van der Waals surface area contributed by atoms with E-state index >= 15 is 0 Å². The summed E-state index contributed by atoms with van der Waals surface area (Å²) < 4.78 is 10.2. The predicted molar refractivity (Wildman–Crippen MR) is 96.2 cm³/mol. The summed E-state index contributed by atoms with van der Waals surface area (Å²) >= 11 is 0. The standard InChI is InChI=1S/C18H21N3O6/c1-4-26-17(22)13-10(3)20-16(19)15(18(23)27-5-2)14(13)11-8-6-7-9-12(11)21(24)25/h6-9,14,20H,4-5,19H2,1-3H3. The number of benzene rings is 1. The lowest BCUT2D eigenvalue weighted by atomic mass is 9.80. The van der Waals surface area contributed by atoms with Gasteiger partial charge in [0.1, 0.15) is 5.82 Å². The summed E-state index contributed by atoms with van der Waals surface area (Å²) in [5.74, 6) is -2.58. The fourth-order valence-electron chi connectivity index (χ4n) is 2.98. The third kappa shape index (κ3) is 3.91. The van der Waals surface area contributed by atoms with Gasteiger partial charge in [-0.05, 0) is 20.8 Å². The SMILES string of the molecule is CCOC(=O)C1=C(C)NC(N)=C(C(=O)OCC)C1c1ccccc1[N+](=O)[O-]. The minimum atomic E-state index is -1.09. The zero-order chi connectivity index (χ0) is 20.1.